The molecule has 1 heterocycles. The van der Waals surface area contributed by atoms with Crippen LogP contribution < -0.4 is 10.6 Å². The Morgan fingerprint density at radius 1 is 0.973 bits per heavy atom. The van der Waals surface area contributed by atoms with E-state index in [1.807, 2.05) is 6.07 Å². The number of hydrogen-bond donors (Lipinski definition) is 3. The van der Waals surface area contributed by atoms with Crippen molar-refractivity contribution in [3.8, 4) is 11.1 Å². The van der Waals surface area contributed by atoms with Gasteiger partial charge in [-0.05, 0) is 54.3 Å². The fourth-order valence-electron chi connectivity index (χ4n) is 4.78. The van der Waals surface area contributed by atoms with Gasteiger partial charge in [0.1, 0.15) is 5.82 Å². The number of nitrogens with one attached hydrogen (secondary N) is 2. The number of carboxylic acids is 1. The average molecular weight is 518 g/mol. The summed E-state index contributed by atoms with van der Waals surface area (Å²) in [4.78, 5) is 40.1. The lowest BCUT2D eigenvalue weighted by Crippen LogP contribution is -2.25. The number of hydrogen-bond acceptors (Lipinski definition) is 6. The molecule has 37 heavy (non-hydrogen) atoms. The Kier molecular flexibility index (Phi) is 6.71. The number of aromatic nitrogens is 1. The number of halogens is 1. The predicted octanol–water partition coefficient (Wildman–Crippen LogP) is 6.49. The van der Waals surface area contributed by atoms with E-state index in [2.05, 4.69) is 15.6 Å². The molecule has 5 rings (SSSR count). The second kappa shape index (κ2) is 10.1. The van der Waals surface area contributed by atoms with Crippen molar-refractivity contribution < 1.29 is 23.9 Å². The van der Waals surface area contributed by atoms with E-state index >= 15 is 0 Å². The van der Waals surface area contributed by atoms with Crippen LogP contribution in [0, 0.1) is 17.7 Å². The minimum Gasteiger partial charge on any atom is -0.481 e. The molecule has 1 aliphatic rings. The first-order chi connectivity index (χ1) is 17.8. The highest BCUT2D eigenvalue weighted by molar-refractivity contribution is 7.22. The van der Waals surface area contributed by atoms with Crippen LogP contribution in [0.4, 0.5) is 20.9 Å². The van der Waals surface area contributed by atoms with E-state index in [0.29, 0.717) is 34.8 Å². The van der Waals surface area contributed by atoms with E-state index in [9.17, 15) is 23.9 Å². The number of carbonyl (C=O) groups is 3. The van der Waals surface area contributed by atoms with Gasteiger partial charge in [-0.3, -0.25) is 14.4 Å². The minimum absolute atomic E-state index is 0.151. The smallest absolute Gasteiger partial charge is 0.307 e. The average Bonchev–Trinajstić information content (AvgIpc) is 3.51. The van der Waals surface area contributed by atoms with E-state index in [1.165, 1.54) is 24.3 Å². The zero-order chi connectivity index (χ0) is 26.1. The van der Waals surface area contributed by atoms with Crippen LogP contribution in [-0.4, -0.2) is 27.8 Å². The van der Waals surface area contributed by atoms with Crippen LogP contribution in [0.1, 0.15) is 36.5 Å². The lowest BCUT2D eigenvalue weighted by Gasteiger charge is -2.15. The first kappa shape index (κ1) is 24.6. The van der Waals surface area contributed by atoms with Gasteiger partial charge in [-0.15, -0.1) is 0 Å². The molecular formula is C28H24FN3O4S. The summed E-state index contributed by atoms with van der Waals surface area (Å²) in [6, 6.07) is 17.1. The molecule has 0 aliphatic heterocycles. The maximum Gasteiger partial charge on any atom is 0.307 e. The van der Waals surface area contributed by atoms with Crippen molar-refractivity contribution in [2.24, 2.45) is 11.8 Å². The van der Waals surface area contributed by atoms with Crippen molar-refractivity contribution in [2.75, 3.05) is 10.6 Å². The van der Waals surface area contributed by atoms with Crippen LogP contribution >= 0.6 is 11.3 Å². The molecule has 7 nitrogen and oxygen atoms in total. The molecule has 3 N–H and O–H groups in total. The molecule has 1 saturated carbocycles. The van der Waals surface area contributed by atoms with Crippen LogP contribution in [0.3, 0.4) is 0 Å². The van der Waals surface area contributed by atoms with E-state index < -0.39 is 23.6 Å². The van der Waals surface area contributed by atoms with E-state index in [4.69, 9.17) is 0 Å². The first-order valence-electron chi connectivity index (χ1n) is 11.9. The Morgan fingerprint density at radius 3 is 2.41 bits per heavy atom. The molecule has 9 heteroatoms. The zero-order valence-electron chi connectivity index (χ0n) is 20.0. The second-order valence-electron chi connectivity index (χ2n) is 9.13. The molecule has 1 aromatic heterocycles. The number of rotatable bonds is 7. The molecule has 2 atom stereocenters. The minimum atomic E-state index is -0.919. The van der Waals surface area contributed by atoms with Crippen molar-refractivity contribution in [1.82, 2.24) is 4.98 Å². The van der Waals surface area contributed by atoms with E-state index in [1.54, 1.807) is 48.5 Å². The Hall–Kier alpha value is -4.11. The van der Waals surface area contributed by atoms with Crippen molar-refractivity contribution >= 4 is 55.7 Å². The number of thiazole rings is 1. The van der Waals surface area contributed by atoms with Crippen LogP contribution in [-0.2, 0) is 9.59 Å². The van der Waals surface area contributed by atoms with Gasteiger partial charge in [0.25, 0.3) is 0 Å². The molecule has 4 aromatic rings. The first-order valence-corrected chi connectivity index (χ1v) is 12.7. The summed E-state index contributed by atoms with van der Waals surface area (Å²) in [5.41, 5.74) is 3.55. The van der Waals surface area contributed by atoms with Gasteiger partial charge in [0.15, 0.2) is 10.9 Å². The summed E-state index contributed by atoms with van der Waals surface area (Å²) in [6.07, 6.45) is 1.85. The van der Waals surface area contributed by atoms with Gasteiger partial charge in [0, 0.05) is 24.1 Å². The lowest BCUT2D eigenvalue weighted by molar-refractivity contribution is -0.142. The highest BCUT2D eigenvalue weighted by atomic mass is 32.1. The molecular weight excluding hydrogens is 493 g/mol. The zero-order valence-corrected chi connectivity index (χ0v) is 20.8. The molecule has 2 unspecified atom stereocenters. The Labute approximate surface area is 216 Å². The molecule has 3 aromatic carbocycles. The normalized spacial score (nSPS) is 17.0. The van der Waals surface area contributed by atoms with Crippen molar-refractivity contribution in [3.05, 3.63) is 72.0 Å². The number of Topliss-reactive ketones (excluding diaryl/α,β-unsaturated/α-hetero) is 1. The van der Waals surface area contributed by atoms with Gasteiger partial charge in [0.05, 0.1) is 21.8 Å². The Balaban J connectivity index is 1.30. The molecule has 1 fully saturated rings. The number of benzene rings is 3. The summed E-state index contributed by atoms with van der Waals surface area (Å²) < 4.78 is 15.8. The summed E-state index contributed by atoms with van der Waals surface area (Å²) in [5.74, 6) is -2.81. The number of carbonyl (C=O) groups excluding carboxylic acids is 2. The largest absolute Gasteiger partial charge is 0.481 e. The third-order valence-electron chi connectivity index (χ3n) is 6.59. The molecule has 1 amide bonds. The molecule has 0 bridgehead atoms. The summed E-state index contributed by atoms with van der Waals surface area (Å²) in [5, 5.41) is 15.7. The van der Waals surface area contributed by atoms with Crippen LogP contribution in [0.25, 0.3) is 21.3 Å². The third-order valence-corrected chi connectivity index (χ3v) is 7.53. The quantitative estimate of drug-likeness (QED) is 0.242. The van der Waals surface area contributed by atoms with Gasteiger partial charge in [0.2, 0.25) is 5.91 Å². The maximum absolute atomic E-state index is 15.0. The van der Waals surface area contributed by atoms with Crippen molar-refractivity contribution in [2.45, 2.75) is 26.2 Å². The highest BCUT2D eigenvalue weighted by Gasteiger charge is 2.37. The van der Waals surface area contributed by atoms with E-state index in [-0.39, 0.29) is 17.4 Å². The fourth-order valence-corrected chi connectivity index (χ4v) is 5.70. The Bertz CT molecular complexity index is 1520. The third kappa shape index (κ3) is 5.22. The SMILES string of the molecule is CC(=O)Nc1ccc2nc(Nc3ccc(-c4ccc(C(=O)C5CCCC5C(=O)O)cc4)cc3F)sc2c1. The van der Waals surface area contributed by atoms with Gasteiger partial charge in [-0.1, -0.05) is 48.1 Å². The van der Waals surface area contributed by atoms with E-state index in [0.717, 1.165) is 22.2 Å². The second-order valence-corrected chi connectivity index (χ2v) is 10.2. The summed E-state index contributed by atoms with van der Waals surface area (Å²) in [7, 11) is 0. The number of nitrogens with zero attached hydrogens (tertiary/aromatic N) is 1. The molecule has 0 radical (unpaired) electrons. The van der Waals surface area contributed by atoms with Gasteiger partial charge >= 0.3 is 5.97 Å². The number of amides is 1. The molecule has 0 spiro atoms. The predicted molar refractivity (Wildman–Crippen MR) is 142 cm³/mol. The topological polar surface area (TPSA) is 108 Å². The fraction of sp³-hybridized carbons (Fsp3) is 0.214. The van der Waals surface area contributed by atoms with Gasteiger partial charge in [-0.2, -0.15) is 0 Å². The van der Waals surface area contributed by atoms with Gasteiger partial charge < -0.3 is 15.7 Å². The highest BCUT2D eigenvalue weighted by Crippen LogP contribution is 2.35. The number of ketones is 1. The maximum atomic E-state index is 15.0. The molecule has 1 aliphatic carbocycles. The monoisotopic (exact) mass is 517 g/mol. The standard InChI is InChI=1S/C28H24FN3O4S/c1-15(33)30-19-10-12-24-25(14-19)37-28(32-24)31-23-11-9-18(13-22(23)29)16-5-7-17(8-6-16)26(34)20-3-2-4-21(20)27(35)36/h5-14,20-21H,2-4H2,1H3,(H,30,33)(H,31,32)(H,35,36). The number of carboxylic acid groups (broad SMARTS) is 1. The van der Waals surface area contributed by atoms with Crippen LogP contribution in [0.5, 0.6) is 0 Å². The summed E-state index contributed by atoms with van der Waals surface area (Å²) in [6.45, 7) is 1.44. The van der Waals surface area contributed by atoms with Crippen LogP contribution in [0.2, 0.25) is 0 Å². The molecule has 0 saturated heterocycles. The number of fused-ring (bicyclic) bond motifs is 1. The van der Waals surface area contributed by atoms with Crippen LogP contribution in [0.15, 0.2) is 60.7 Å². The van der Waals surface area contributed by atoms with Gasteiger partial charge in [-0.25, -0.2) is 9.37 Å². The Morgan fingerprint density at radius 2 is 1.70 bits per heavy atom. The lowest BCUT2D eigenvalue weighted by atomic mass is 9.88. The summed E-state index contributed by atoms with van der Waals surface area (Å²) >= 11 is 1.35. The molecule has 188 valence electrons. The number of anilines is 3. The number of aliphatic carboxylic acids is 1. The van der Waals surface area contributed by atoms with Crippen molar-refractivity contribution in [1.29, 1.82) is 0 Å². The van der Waals surface area contributed by atoms with Crippen molar-refractivity contribution in [3.63, 3.8) is 0 Å².